The molecule has 0 radical (unpaired) electrons. The molecule has 3 rings (SSSR count). The van der Waals surface area contributed by atoms with E-state index < -0.39 is 0 Å². The molecule has 2 aliphatic heterocycles. The summed E-state index contributed by atoms with van der Waals surface area (Å²) in [5.74, 6) is -0.571. The second kappa shape index (κ2) is 7.08. The van der Waals surface area contributed by atoms with Gasteiger partial charge in [-0.2, -0.15) is 0 Å². The standard InChI is InChI=1S/C17H21FN2O3/c18-15-5-3-13(4-6-15)16(21)14-2-1-7-20(12-14)17(22)19-8-10-23-11-9-19/h3-6,14H,1-2,7-12H2. The molecule has 2 saturated heterocycles. The summed E-state index contributed by atoms with van der Waals surface area (Å²) in [6.45, 7) is 3.46. The van der Waals surface area contributed by atoms with Crippen LogP contribution in [0.4, 0.5) is 9.18 Å². The highest BCUT2D eigenvalue weighted by molar-refractivity contribution is 5.98. The van der Waals surface area contributed by atoms with E-state index in [-0.39, 0.29) is 23.5 Å². The highest BCUT2D eigenvalue weighted by atomic mass is 19.1. The minimum absolute atomic E-state index is 0.00935. The van der Waals surface area contributed by atoms with Crippen molar-refractivity contribution in [3.8, 4) is 0 Å². The van der Waals surface area contributed by atoms with E-state index in [0.717, 1.165) is 12.8 Å². The van der Waals surface area contributed by atoms with Crippen molar-refractivity contribution in [2.45, 2.75) is 12.8 Å². The summed E-state index contributed by atoms with van der Waals surface area (Å²) < 4.78 is 18.3. The molecule has 0 aromatic heterocycles. The molecule has 2 heterocycles. The van der Waals surface area contributed by atoms with Gasteiger partial charge in [0.1, 0.15) is 5.82 Å². The first-order valence-electron chi connectivity index (χ1n) is 8.06. The fraction of sp³-hybridized carbons (Fsp3) is 0.529. The zero-order valence-corrected chi connectivity index (χ0v) is 13.0. The Hall–Kier alpha value is -1.95. The largest absolute Gasteiger partial charge is 0.378 e. The number of benzene rings is 1. The van der Waals surface area contributed by atoms with Crippen LogP contribution in [0, 0.1) is 11.7 Å². The van der Waals surface area contributed by atoms with Crippen LogP contribution in [-0.4, -0.2) is 61.0 Å². The number of ketones is 1. The van der Waals surface area contributed by atoms with Crippen LogP contribution in [-0.2, 0) is 4.74 Å². The Bertz CT molecular complexity index is 570. The van der Waals surface area contributed by atoms with Crippen molar-refractivity contribution < 1.29 is 18.7 Å². The Balaban J connectivity index is 1.64. The highest BCUT2D eigenvalue weighted by Gasteiger charge is 2.31. The summed E-state index contributed by atoms with van der Waals surface area (Å²) in [6.07, 6.45) is 1.58. The SMILES string of the molecule is O=C(c1ccc(F)cc1)C1CCCN(C(=O)N2CCOCC2)C1. The van der Waals surface area contributed by atoms with Crippen molar-refractivity contribution in [2.75, 3.05) is 39.4 Å². The number of likely N-dealkylation sites (tertiary alicyclic amines) is 1. The fourth-order valence-electron chi connectivity index (χ4n) is 3.17. The van der Waals surface area contributed by atoms with Gasteiger partial charge in [-0.05, 0) is 37.1 Å². The van der Waals surface area contributed by atoms with Gasteiger partial charge in [0, 0.05) is 37.7 Å². The summed E-state index contributed by atoms with van der Waals surface area (Å²) in [4.78, 5) is 28.7. The van der Waals surface area contributed by atoms with Crippen LogP contribution in [0.3, 0.4) is 0 Å². The maximum atomic E-state index is 13.0. The van der Waals surface area contributed by atoms with Crippen LogP contribution in [0.15, 0.2) is 24.3 Å². The quantitative estimate of drug-likeness (QED) is 0.785. The average Bonchev–Trinajstić information content (AvgIpc) is 2.62. The number of hydrogen-bond acceptors (Lipinski definition) is 3. The van der Waals surface area contributed by atoms with Gasteiger partial charge in [0.2, 0.25) is 0 Å². The number of urea groups is 1. The van der Waals surface area contributed by atoms with E-state index in [0.29, 0.717) is 45.0 Å². The lowest BCUT2D eigenvalue weighted by Gasteiger charge is -2.37. The van der Waals surface area contributed by atoms with E-state index in [4.69, 9.17) is 4.74 Å². The van der Waals surface area contributed by atoms with Gasteiger partial charge in [-0.1, -0.05) is 0 Å². The maximum absolute atomic E-state index is 13.0. The number of Topliss-reactive ketones (excluding diaryl/α,β-unsaturated/α-hetero) is 1. The molecule has 0 spiro atoms. The van der Waals surface area contributed by atoms with Gasteiger partial charge in [-0.3, -0.25) is 4.79 Å². The summed E-state index contributed by atoms with van der Waals surface area (Å²) >= 11 is 0. The van der Waals surface area contributed by atoms with Gasteiger partial charge in [-0.25, -0.2) is 9.18 Å². The Morgan fingerprint density at radius 2 is 1.74 bits per heavy atom. The lowest BCUT2D eigenvalue weighted by atomic mass is 9.90. The molecule has 0 saturated carbocycles. The molecule has 2 fully saturated rings. The number of piperidine rings is 1. The first-order valence-corrected chi connectivity index (χ1v) is 8.06. The first kappa shape index (κ1) is 15.9. The van der Waals surface area contributed by atoms with E-state index in [1.807, 2.05) is 0 Å². The molecule has 0 N–H and O–H groups in total. The smallest absolute Gasteiger partial charge is 0.320 e. The molecule has 1 atom stereocenters. The highest BCUT2D eigenvalue weighted by Crippen LogP contribution is 2.22. The predicted molar refractivity (Wildman–Crippen MR) is 82.8 cm³/mol. The number of ether oxygens (including phenoxy) is 1. The molecule has 2 aliphatic rings. The van der Waals surface area contributed by atoms with E-state index in [2.05, 4.69) is 0 Å². The topological polar surface area (TPSA) is 49.9 Å². The normalized spacial score (nSPS) is 22.0. The molecular weight excluding hydrogens is 299 g/mol. The Morgan fingerprint density at radius 1 is 1.04 bits per heavy atom. The number of amides is 2. The number of nitrogens with zero attached hydrogens (tertiary/aromatic N) is 2. The number of carbonyl (C=O) groups is 2. The number of hydrogen-bond donors (Lipinski definition) is 0. The zero-order valence-electron chi connectivity index (χ0n) is 13.0. The predicted octanol–water partition coefficient (Wildman–Crippen LogP) is 2.17. The van der Waals surface area contributed by atoms with Gasteiger partial charge in [0.05, 0.1) is 13.2 Å². The van der Waals surface area contributed by atoms with E-state index >= 15 is 0 Å². The second-order valence-electron chi connectivity index (χ2n) is 6.04. The van der Waals surface area contributed by atoms with Crippen molar-refractivity contribution in [1.29, 1.82) is 0 Å². The van der Waals surface area contributed by atoms with E-state index in [9.17, 15) is 14.0 Å². The zero-order chi connectivity index (χ0) is 16.2. The Labute approximate surface area is 135 Å². The van der Waals surface area contributed by atoms with Gasteiger partial charge in [0.15, 0.2) is 5.78 Å². The number of carbonyl (C=O) groups excluding carboxylic acids is 2. The third-order valence-electron chi connectivity index (χ3n) is 4.47. The van der Waals surface area contributed by atoms with Gasteiger partial charge in [0.25, 0.3) is 0 Å². The molecule has 1 aromatic rings. The van der Waals surface area contributed by atoms with Crippen molar-refractivity contribution >= 4 is 11.8 Å². The van der Waals surface area contributed by atoms with Crippen molar-refractivity contribution in [1.82, 2.24) is 9.80 Å². The summed E-state index contributed by atoms with van der Waals surface area (Å²) in [6, 6.07) is 5.62. The average molecular weight is 320 g/mol. The maximum Gasteiger partial charge on any atom is 0.320 e. The Kier molecular flexibility index (Phi) is 4.91. The Morgan fingerprint density at radius 3 is 2.43 bits per heavy atom. The van der Waals surface area contributed by atoms with Crippen LogP contribution in [0.25, 0.3) is 0 Å². The molecule has 0 aliphatic carbocycles. The molecule has 5 nitrogen and oxygen atoms in total. The molecule has 6 heteroatoms. The van der Waals surface area contributed by atoms with Crippen LogP contribution >= 0.6 is 0 Å². The van der Waals surface area contributed by atoms with Crippen LogP contribution in [0.1, 0.15) is 23.2 Å². The molecule has 1 aromatic carbocycles. The van der Waals surface area contributed by atoms with E-state index in [1.165, 1.54) is 24.3 Å². The first-order chi connectivity index (χ1) is 11.1. The van der Waals surface area contributed by atoms with Gasteiger partial charge >= 0.3 is 6.03 Å². The number of halogens is 1. The summed E-state index contributed by atoms with van der Waals surface area (Å²) in [7, 11) is 0. The van der Waals surface area contributed by atoms with Crippen LogP contribution in [0.2, 0.25) is 0 Å². The number of morpholine rings is 1. The monoisotopic (exact) mass is 320 g/mol. The summed E-state index contributed by atoms with van der Waals surface area (Å²) in [5.41, 5.74) is 0.511. The minimum Gasteiger partial charge on any atom is -0.378 e. The third kappa shape index (κ3) is 3.69. The summed E-state index contributed by atoms with van der Waals surface area (Å²) in [5, 5.41) is 0. The van der Waals surface area contributed by atoms with Crippen molar-refractivity contribution in [3.05, 3.63) is 35.6 Å². The molecule has 124 valence electrons. The van der Waals surface area contributed by atoms with Crippen molar-refractivity contribution in [3.63, 3.8) is 0 Å². The van der Waals surface area contributed by atoms with Gasteiger partial charge < -0.3 is 14.5 Å². The van der Waals surface area contributed by atoms with Crippen LogP contribution in [0.5, 0.6) is 0 Å². The second-order valence-corrected chi connectivity index (χ2v) is 6.04. The minimum atomic E-state index is -0.352. The molecular formula is C17H21FN2O3. The lowest BCUT2D eigenvalue weighted by Crippen LogP contribution is -2.51. The molecule has 2 amide bonds. The third-order valence-corrected chi connectivity index (χ3v) is 4.47. The van der Waals surface area contributed by atoms with Crippen molar-refractivity contribution in [2.24, 2.45) is 5.92 Å². The number of rotatable bonds is 2. The molecule has 0 bridgehead atoms. The molecule has 23 heavy (non-hydrogen) atoms. The lowest BCUT2D eigenvalue weighted by molar-refractivity contribution is 0.0388. The molecule has 1 unspecified atom stereocenters. The van der Waals surface area contributed by atoms with Gasteiger partial charge in [-0.15, -0.1) is 0 Å². The van der Waals surface area contributed by atoms with Crippen LogP contribution < -0.4 is 0 Å². The van der Waals surface area contributed by atoms with E-state index in [1.54, 1.807) is 9.80 Å². The fourth-order valence-corrected chi connectivity index (χ4v) is 3.17.